The fourth-order valence-corrected chi connectivity index (χ4v) is 4.01. The first-order chi connectivity index (χ1) is 11.7. The largest absolute Gasteiger partial charge is 0.350 e. The molecule has 0 aliphatic heterocycles. The number of hydrogen-bond acceptors (Lipinski definition) is 4. The number of nitrogens with one attached hydrogen (secondary N) is 2. The Morgan fingerprint density at radius 3 is 1.96 bits per heavy atom. The average Bonchev–Trinajstić information content (AvgIpc) is 2.35. The molecular weight excluding hydrogens is 359 g/mol. The van der Waals surface area contributed by atoms with E-state index in [1.54, 1.807) is 0 Å². The fourth-order valence-electron chi connectivity index (χ4n) is 2.96. The first kappa shape index (κ1) is 22.1. The molecule has 0 spiro atoms. The highest BCUT2D eigenvalue weighted by molar-refractivity contribution is 7.92. The van der Waals surface area contributed by atoms with Crippen molar-refractivity contribution in [3.05, 3.63) is 30.1 Å². The number of anilines is 1. The number of halogens is 1. The summed E-state index contributed by atoms with van der Waals surface area (Å²) in [6, 6.07) is 4.94. The van der Waals surface area contributed by atoms with Crippen LogP contribution in [0.25, 0.3) is 0 Å². The van der Waals surface area contributed by atoms with Gasteiger partial charge in [0.15, 0.2) is 9.84 Å². The maximum absolute atomic E-state index is 12.8. The molecule has 0 bridgehead atoms. The Bertz CT molecular complexity index is 750. The second-order valence-electron chi connectivity index (χ2n) is 8.26. The summed E-state index contributed by atoms with van der Waals surface area (Å²) >= 11 is 0. The third-order valence-electron chi connectivity index (χ3n) is 3.28. The zero-order valence-corrected chi connectivity index (χ0v) is 16.7. The molecule has 0 atom stereocenters. The number of hydrogen-bond donors (Lipinski definition) is 2. The molecule has 0 aliphatic carbocycles. The molecule has 8 heteroatoms. The zero-order valence-electron chi connectivity index (χ0n) is 15.8. The van der Waals surface area contributed by atoms with Crippen LogP contribution in [-0.2, 0) is 19.4 Å². The minimum absolute atomic E-state index is 0.0370. The Hall–Kier alpha value is -1.96. The molecule has 6 nitrogen and oxygen atoms in total. The van der Waals surface area contributed by atoms with E-state index in [-0.39, 0.29) is 11.1 Å². The van der Waals surface area contributed by atoms with Crippen molar-refractivity contribution < 1.29 is 22.4 Å². The summed E-state index contributed by atoms with van der Waals surface area (Å²) in [6.07, 6.45) is 0.664. The fraction of sp³-hybridized carbons (Fsp3) is 0.556. The molecule has 2 amide bonds. The molecule has 0 fully saturated rings. The molecule has 146 valence electrons. The van der Waals surface area contributed by atoms with Crippen LogP contribution < -0.4 is 10.6 Å². The van der Waals surface area contributed by atoms with Gasteiger partial charge in [0.1, 0.15) is 17.3 Å². The van der Waals surface area contributed by atoms with E-state index in [1.165, 1.54) is 12.1 Å². The van der Waals surface area contributed by atoms with E-state index >= 15 is 0 Å². The monoisotopic (exact) mass is 386 g/mol. The highest BCUT2D eigenvalue weighted by Gasteiger charge is 2.29. The number of carbonyl (C=O) groups excluding carboxylic acids is 2. The molecule has 1 aromatic carbocycles. The van der Waals surface area contributed by atoms with E-state index < -0.39 is 44.5 Å². The average molecular weight is 386 g/mol. The standard InChI is InChI=1S/C18H27FN2O4S/c1-17(2,3)12-18(4,5)21-16(23)11-26(24,25)10-15(22)20-14-8-6-13(19)7-9-14/h6-9H,10-12H2,1-5H3,(H,20,22)(H,21,23). The SMILES string of the molecule is CC(C)(C)CC(C)(C)NC(=O)CS(=O)(=O)CC(=O)Nc1ccc(F)cc1. The maximum Gasteiger partial charge on any atom is 0.239 e. The molecule has 0 aromatic heterocycles. The number of rotatable bonds is 7. The van der Waals surface area contributed by atoms with E-state index in [4.69, 9.17) is 0 Å². The van der Waals surface area contributed by atoms with Crippen molar-refractivity contribution in [1.82, 2.24) is 5.32 Å². The summed E-state index contributed by atoms with van der Waals surface area (Å²) < 4.78 is 37.0. The molecular formula is C18H27FN2O4S. The van der Waals surface area contributed by atoms with E-state index in [1.807, 2.05) is 34.6 Å². The molecule has 1 aromatic rings. The Kier molecular flexibility index (Phi) is 6.93. The van der Waals surface area contributed by atoms with Crippen molar-refractivity contribution in [3.8, 4) is 0 Å². The van der Waals surface area contributed by atoms with Crippen LogP contribution >= 0.6 is 0 Å². The normalized spacial score (nSPS) is 12.5. The molecule has 0 unspecified atom stereocenters. The van der Waals surface area contributed by atoms with Crippen molar-refractivity contribution in [2.24, 2.45) is 5.41 Å². The number of carbonyl (C=O) groups is 2. The topological polar surface area (TPSA) is 92.3 Å². The van der Waals surface area contributed by atoms with Gasteiger partial charge in [0.2, 0.25) is 11.8 Å². The molecule has 0 aliphatic rings. The second-order valence-corrected chi connectivity index (χ2v) is 10.3. The Balaban J connectivity index is 2.60. The summed E-state index contributed by atoms with van der Waals surface area (Å²) in [4.78, 5) is 23.9. The van der Waals surface area contributed by atoms with E-state index in [0.717, 1.165) is 12.1 Å². The van der Waals surface area contributed by atoms with Crippen LogP contribution in [-0.4, -0.2) is 37.3 Å². The minimum atomic E-state index is -3.92. The summed E-state index contributed by atoms with van der Waals surface area (Å²) in [5.41, 5.74) is -0.325. The summed E-state index contributed by atoms with van der Waals surface area (Å²) in [5, 5.41) is 5.07. The third-order valence-corrected chi connectivity index (χ3v) is 4.68. The molecule has 26 heavy (non-hydrogen) atoms. The first-order valence-corrected chi connectivity index (χ1v) is 10.1. The van der Waals surface area contributed by atoms with Crippen LogP contribution in [0.15, 0.2) is 24.3 Å². The Labute approximate surface area is 154 Å². The smallest absolute Gasteiger partial charge is 0.239 e. The predicted octanol–water partition coefficient (Wildman–Crippen LogP) is 2.51. The van der Waals surface area contributed by atoms with Gasteiger partial charge in [0, 0.05) is 11.2 Å². The van der Waals surface area contributed by atoms with Crippen molar-refractivity contribution in [3.63, 3.8) is 0 Å². The van der Waals surface area contributed by atoms with Gasteiger partial charge in [-0.3, -0.25) is 9.59 Å². The lowest BCUT2D eigenvalue weighted by molar-refractivity contribution is -0.120. The predicted molar refractivity (Wildman–Crippen MR) is 100.0 cm³/mol. The van der Waals surface area contributed by atoms with Crippen molar-refractivity contribution in [2.45, 2.75) is 46.6 Å². The van der Waals surface area contributed by atoms with Crippen LogP contribution in [0.4, 0.5) is 10.1 Å². The lowest BCUT2D eigenvalue weighted by Crippen LogP contribution is -2.48. The van der Waals surface area contributed by atoms with Crippen molar-refractivity contribution in [1.29, 1.82) is 0 Å². The van der Waals surface area contributed by atoms with Gasteiger partial charge in [-0.15, -0.1) is 0 Å². The third kappa shape index (κ3) is 8.94. The summed E-state index contributed by atoms with van der Waals surface area (Å²) in [5.74, 6) is -3.48. The van der Waals surface area contributed by atoms with Crippen LogP contribution in [0.2, 0.25) is 0 Å². The molecule has 0 radical (unpaired) electrons. The number of amides is 2. The van der Waals surface area contributed by atoms with Gasteiger partial charge < -0.3 is 10.6 Å². The van der Waals surface area contributed by atoms with Gasteiger partial charge in [-0.1, -0.05) is 20.8 Å². The van der Waals surface area contributed by atoms with Gasteiger partial charge >= 0.3 is 0 Å². The molecule has 2 N–H and O–H groups in total. The van der Waals surface area contributed by atoms with Crippen LogP contribution in [0.3, 0.4) is 0 Å². The maximum atomic E-state index is 12.8. The Morgan fingerprint density at radius 2 is 1.46 bits per heavy atom. The van der Waals surface area contributed by atoms with E-state index in [2.05, 4.69) is 10.6 Å². The molecule has 0 heterocycles. The summed E-state index contributed by atoms with van der Waals surface area (Å²) in [7, 11) is -3.92. The lowest BCUT2D eigenvalue weighted by Gasteiger charge is -2.33. The lowest BCUT2D eigenvalue weighted by atomic mass is 9.82. The Morgan fingerprint density at radius 1 is 0.962 bits per heavy atom. The summed E-state index contributed by atoms with van der Waals surface area (Å²) in [6.45, 7) is 9.72. The number of sulfone groups is 1. The molecule has 0 saturated heterocycles. The molecule has 1 rings (SSSR count). The highest BCUT2D eigenvalue weighted by atomic mass is 32.2. The quantitative estimate of drug-likeness (QED) is 0.753. The highest BCUT2D eigenvalue weighted by Crippen LogP contribution is 2.26. The van der Waals surface area contributed by atoms with Crippen LogP contribution in [0.5, 0.6) is 0 Å². The second kappa shape index (κ2) is 8.16. The van der Waals surface area contributed by atoms with Crippen LogP contribution in [0.1, 0.15) is 41.0 Å². The van der Waals surface area contributed by atoms with E-state index in [9.17, 15) is 22.4 Å². The zero-order chi connectivity index (χ0) is 20.2. The van der Waals surface area contributed by atoms with Crippen molar-refractivity contribution in [2.75, 3.05) is 16.8 Å². The van der Waals surface area contributed by atoms with Gasteiger partial charge in [-0.2, -0.15) is 0 Å². The van der Waals surface area contributed by atoms with Crippen LogP contribution in [0, 0.1) is 11.2 Å². The molecule has 0 saturated carbocycles. The van der Waals surface area contributed by atoms with Gasteiger partial charge in [0.05, 0.1) is 0 Å². The van der Waals surface area contributed by atoms with Gasteiger partial charge in [0.25, 0.3) is 0 Å². The van der Waals surface area contributed by atoms with Crippen molar-refractivity contribution >= 4 is 27.3 Å². The van der Waals surface area contributed by atoms with Gasteiger partial charge in [-0.25, -0.2) is 12.8 Å². The first-order valence-electron chi connectivity index (χ1n) is 8.24. The minimum Gasteiger partial charge on any atom is -0.350 e. The number of benzene rings is 1. The van der Waals surface area contributed by atoms with Gasteiger partial charge in [-0.05, 0) is 49.9 Å². The van der Waals surface area contributed by atoms with E-state index in [0.29, 0.717) is 6.42 Å².